The van der Waals surface area contributed by atoms with Crippen LogP contribution in [0.2, 0.25) is 0 Å². The van der Waals surface area contributed by atoms with Crippen molar-refractivity contribution in [1.29, 1.82) is 0 Å². The topological polar surface area (TPSA) is 62.7 Å². The first-order valence-corrected chi connectivity index (χ1v) is 10.6. The molecule has 0 atom stereocenters. The van der Waals surface area contributed by atoms with Crippen molar-refractivity contribution < 1.29 is 40.0 Å². The van der Waals surface area contributed by atoms with Gasteiger partial charge in [0.15, 0.2) is 0 Å². The SMILES string of the molecule is COc1ccnc(-c2[c-]cc(C)cc2OC)c1.COc1ccnc(-c2[c-]cc(C)cc2OC)c1.[Pt+2]. The first-order chi connectivity index (χ1) is 16.5. The van der Waals surface area contributed by atoms with Crippen molar-refractivity contribution in [2.75, 3.05) is 28.4 Å². The minimum absolute atomic E-state index is 0. The van der Waals surface area contributed by atoms with Crippen LogP contribution in [0.1, 0.15) is 11.1 Å². The van der Waals surface area contributed by atoms with E-state index < -0.39 is 0 Å². The molecule has 0 N–H and O–H groups in total. The van der Waals surface area contributed by atoms with Crippen LogP contribution in [-0.2, 0) is 21.1 Å². The predicted octanol–water partition coefficient (Wildman–Crippen LogP) is 5.75. The second kappa shape index (κ2) is 13.5. The third kappa shape index (κ3) is 7.30. The molecular weight excluding hydrogens is 623 g/mol. The van der Waals surface area contributed by atoms with Crippen LogP contribution >= 0.6 is 0 Å². The van der Waals surface area contributed by atoms with Gasteiger partial charge in [-0.1, -0.05) is 25.0 Å². The van der Waals surface area contributed by atoms with Crippen LogP contribution in [0, 0.1) is 26.0 Å². The third-order valence-corrected chi connectivity index (χ3v) is 4.98. The van der Waals surface area contributed by atoms with Crippen molar-refractivity contribution in [3.05, 3.63) is 84.2 Å². The van der Waals surface area contributed by atoms with Crippen LogP contribution in [0.15, 0.2) is 60.9 Å². The molecule has 35 heavy (non-hydrogen) atoms. The summed E-state index contributed by atoms with van der Waals surface area (Å²) in [6.45, 7) is 4.00. The van der Waals surface area contributed by atoms with E-state index >= 15 is 0 Å². The Kier molecular flexibility index (Phi) is 10.7. The van der Waals surface area contributed by atoms with E-state index in [2.05, 4.69) is 22.1 Å². The van der Waals surface area contributed by atoms with Crippen molar-refractivity contribution in [1.82, 2.24) is 9.97 Å². The van der Waals surface area contributed by atoms with Gasteiger partial charge in [-0.15, -0.1) is 47.5 Å². The summed E-state index contributed by atoms with van der Waals surface area (Å²) in [5.74, 6) is 3.08. The van der Waals surface area contributed by atoms with Crippen LogP contribution in [0.5, 0.6) is 23.0 Å². The molecule has 0 amide bonds. The van der Waals surface area contributed by atoms with Gasteiger partial charge in [-0.25, -0.2) is 0 Å². The van der Waals surface area contributed by atoms with Crippen LogP contribution < -0.4 is 18.9 Å². The maximum atomic E-state index is 5.34. The third-order valence-electron chi connectivity index (χ3n) is 4.98. The fourth-order valence-electron chi connectivity index (χ4n) is 3.23. The van der Waals surface area contributed by atoms with Crippen molar-refractivity contribution in [2.24, 2.45) is 0 Å². The Bertz CT molecular complexity index is 1150. The zero-order valence-corrected chi connectivity index (χ0v) is 22.9. The Morgan fingerprint density at radius 2 is 1.00 bits per heavy atom. The molecular formula is C28H28N2O4Pt. The van der Waals surface area contributed by atoms with Crippen LogP contribution in [0.4, 0.5) is 0 Å². The second-order valence-electron chi connectivity index (χ2n) is 7.40. The molecule has 2 heterocycles. The number of ether oxygens (including phenoxy) is 4. The van der Waals surface area contributed by atoms with E-state index in [1.54, 1.807) is 40.8 Å². The molecule has 7 heteroatoms. The smallest absolute Gasteiger partial charge is 0.540 e. The molecule has 0 aliphatic rings. The Hall–Kier alpha value is -3.37. The monoisotopic (exact) mass is 651 g/mol. The van der Waals surface area contributed by atoms with Gasteiger partial charge in [0.1, 0.15) is 11.5 Å². The van der Waals surface area contributed by atoms with E-state index in [0.29, 0.717) is 0 Å². The number of nitrogens with zero attached hydrogens (tertiary/aromatic N) is 2. The first-order valence-electron chi connectivity index (χ1n) is 10.6. The second-order valence-corrected chi connectivity index (χ2v) is 7.40. The van der Waals surface area contributed by atoms with Gasteiger partial charge in [-0.2, -0.15) is 0 Å². The van der Waals surface area contributed by atoms with Gasteiger partial charge in [0.05, 0.1) is 28.4 Å². The molecule has 0 saturated carbocycles. The molecule has 4 aromatic rings. The Morgan fingerprint density at radius 1 is 0.600 bits per heavy atom. The molecule has 0 spiro atoms. The molecule has 0 fully saturated rings. The number of pyridine rings is 2. The number of hydrogen-bond acceptors (Lipinski definition) is 6. The van der Waals surface area contributed by atoms with E-state index in [1.807, 2.05) is 62.4 Å². The molecule has 0 bridgehead atoms. The summed E-state index contributed by atoms with van der Waals surface area (Å²) in [6, 6.07) is 21.5. The standard InChI is InChI=1S/2C14H14NO2.Pt/c2*1-10-4-5-12(14(8-10)17-3)13-9-11(16-2)6-7-15-13;/h2*4,6-9H,1-3H3;/q2*-1;+2. The number of hydrogen-bond donors (Lipinski definition) is 0. The van der Waals surface area contributed by atoms with E-state index in [-0.39, 0.29) is 21.1 Å². The molecule has 4 rings (SSSR count). The summed E-state index contributed by atoms with van der Waals surface area (Å²) in [5.41, 5.74) is 5.48. The van der Waals surface area contributed by atoms with Gasteiger partial charge in [0.25, 0.3) is 0 Å². The first kappa shape index (κ1) is 27.9. The number of aromatic nitrogens is 2. The Balaban J connectivity index is 0.000000240. The minimum Gasteiger partial charge on any atom is -0.540 e. The van der Waals surface area contributed by atoms with Crippen molar-refractivity contribution in [3.63, 3.8) is 0 Å². The van der Waals surface area contributed by atoms with Crippen LogP contribution in [0.25, 0.3) is 22.5 Å². The van der Waals surface area contributed by atoms with E-state index in [4.69, 9.17) is 18.9 Å². The van der Waals surface area contributed by atoms with Gasteiger partial charge in [-0.3, -0.25) is 0 Å². The van der Waals surface area contributed by atoms with Gasteiger partial charge in [0, 0.05) is 23.9 Å². The summed E-state index contributed by atoms with van der Waals surface area (Å²) in [6.07, 6.45) is 3.42. The molecule has 2 aromatic carbocycles. The fourth-order valence-corrected chi connectivity index (χ4v) is 3.23. The minimum atomic E-state index is 0. The number of rotatable bonds is 6. The zero-order valence-electron chi connectivity index (χ0n) is 20.6. The molecule has 6 nitrogen and oxygen atoms in total. The van der Waals surface area contributed by atoms with Crippen molar-refractivity contribution in [2.45, 2.75) is 13.8 Å². The average molecular weight is 652 g/mol. The normalized spacial score (nSPS) is 9.77. The summed E-state index contributed by atoms with van der Waals surface area (Å²) < 4.78 is 21.0. The summed E-state index contributed by atoms with van der Waals surface area (Å²) in [7, 11) is 6.56. The quantitative estimate of drug-likeness (QED) is 0.248. The van der Waals surface area contributed by atoms with E-state index in [0.717, 1.165) is 56.6 Å². The van der Waals surface area contributed by atoms with Gasteiger partial charge >= 0.3 is 21.1 Å². The molecule has 0 saturated heterocycles. The number of benzene rings is 2. The number of methoxy groups -OCH3 is 4. The zero-order chi connectivity index (χ0) is 24.5. The largest absolute Gasteiger partial charge is 2.00 e. The molecule has 2 aromatic heterocycles. The van der Waals surface area contributed by atoms with Crippen LogP contribution in [-0.4, -0.2) is 38.4 Å². The molecule has 184 valence electrons. The predicted molar refractivity (Wildman–Crippen MR) is 133 cm³/mol. The average Bonchev–Trinajstić information content (AvgIpc) is 2.88. The molecule has 0 radical (unpaired) electrons. The maximum absolute atomic E-state index is 5.34. The van der Waals surface area contributed by atoms with Gasteiger partial charge in [-0.05, 0) is 35.7 Å². The summed E-state index contributed by atoms with van der Waals surface area (Å²) in [5, 5.41) is 0. The van der Waals surface area contributed by atoms with Crippen LogP contribution in [0.3, 0.4) is 0 Å². The maximum Gasteiger partial charge on any atom is 2.00 e. The van der Waals surface area contributed by atoms with Gasteiger partial charge < -0.3 is 28.9 Å². The molecule has 0 aliphatic carbocycles. The molecule has 0 unspecified atom stereocenters. The fraction of sp³-hybridized carbons (Fsp3) is 0.214. The Morgan fingerprint density at radius 3 is 1.34 bits per heavy atom. The van der Waals surface area contributed by atoms with Crippen molar-refractivity contribution >= 4 is 0 Å². The number of aryl methyl sites for hydroxylation is 2. The van der Waals surface area contributed by atoms with E-state index in [1.165, 1.54) is 0 Å². The summed E-state index contributed by atoms with van der Waals surface area (Å²) >= 11 is 0. The molecule has 0 aliphatic heterocycles. The Labute approximate surface area is 221 Å². The summed E-state index contributed by atoms with van der Waals surface area (Å²) in [4.78, 5) is 8.61. The van der Waals surface area contributed by atoms with E-state index in [9.17, 15) is 0 Å². The van der Waals surface area contributed by atoms with Gasteiger partial charge in [0.2, 0.25) is 0 Å². The van der Waals surface area contributed by atoms with Crippen molar-refractivity contribution in [3.8, 4) is 45.5 Å².